The number of nitro groups is 1. The van der Waals surface area contributed by atoms with Crippen LogP contribution >= 0.6 is 0 Å². The Bertz CT molecular complexity index is 976. The summed E-state index contributed by atoms with van der Waals surface area (Å²) >= 11 is 0. The van der Waals surface area contributed by atoms with Gasteiger partial charge in [-0.2, -0.15) is 5.10 Å². The number of nitrogens with zero attached hydrogens (tertiary/aromatic N) is 3. The number of amides is 1. The molecule has 3 aromatic rings. The van der Waals surface area contributed by atoms with Crippen molar-refractivity contribution in [1.82, 2.24) is 9.78 Å². The van der Waals surface area contributed by atoms with Gasteiger partial charge in [0.2, 0.25) is 0 Å². The van der Waals surface area contributed by atoms with Crippen molar-refractivity contribution < 1.29 is 9.72 Å². The number of anilines is 1. The molecule has 25 heavy (non-hydrogen) atoms. The molecule has 8 nitrogen and oxygen atoms in total. The van der Waals surface area contributed by atoms with Gasteiger partial charge >= 0.3 is 0 Å². The van der Waals surface area contributed by atoms with E-state index in [0.717, 1.165) is 5.56 Å². The van der Waals surface area contributed by atoms with Gasteiger partial charge < -0.3 is 11.5 Å². The standard InChI is InChI=1S/C17H15N5O3/c1-10-5-7-11(8-6-10)15-14(17(19)23)16(18)21(20-15)12-3-2-4-13(9-12)22(24)25/h2-9H,18H2,1H3,(H2,19,23). The number of hydrogen-bond acceptors (Lipinski definition) is 5. The highest BCUT2D eigenvalue weighted by Gasteiger charge is 2.22. The monoisotopic (exact) mass is 337 g/mol. The lowest BCUT2D eigenvalue weighted by atomic mass is 10.1. The van der Waals surface area contributed by atoms with Crippen molar-refractivity contribution in [3.8, 4) is 16.9 Å². The van der Waals surface area contributed by atoms with Gasteiger partial charge in [0.05, 0.1) is 10.6 Å². The van der Waals surface area contributed by atoms with Gasteiger partial charge in [0, 0.05) is 17.7 Å². The molecule has 2 aromatic carbocycles. The topological polar surface area (TPSA) is 130 Å². The number of benzene rings is 2. The maximum Gasteiger partial charge on any atom is 0.271 e. The second kappa shape index (κ2) is 6.08. The molecule has 0 unspecified atom stereocenters. The third kappa shape index (κ3) is 2.92. The fourth-order valence-electron chi connectivity index (χ4n) is 2.52. The Kier molecular flexibility index (Phi) is 3.94. The highest BCUT2D eigenvalue weighted by molar-refractivity contribution is 6.03. The number of nitrogens with two attached hydrogens (primary N) is 2. The highest BCUT2D eigenvalue weighted by Crippen LogP contribution is 2.30. The second-order valence-corrected chi connectivity index (χ2v) is 5.53. The zero-order valence-corrected chi connectivity index (χ0v) is 13.3. The van der Waals surface area contributed by atoms with E-state index in [1.807, 2.05) is 19.1 Å². The molecular formula is C17H15N5O3. The van der Waals surface area contributed by atoms with Crippen molar-refractivity contribution in [2.75, 3.05) is 5.73 Å². The average molecular weight is 337 g/mol. The van der Waals surface area contributed by atoms with Gasteiger partial charge in [-0.05, 0) is 13.0 Å². The molecule has 0 aliphatic rings. The number of hydrogen-bond donors (Lipinski definition) is 2. The summed E-state index contributed by atoms with van der Waals surface area (Å²) in [6.45, 7) is 1.94. The van der Waals surface area contributed by atoms with Crippen LogP contribution in [0.15, 0.2) is 48.5 Å². The first-order valence-corrected chi connectivity index (χ1v) is 7.38. The first-order chi connectivity index (χ1) is 11.9. The Hall–Kier alpha value is -3.68. The van der Waals surface area contributed by atoms with Gasteiger partial charge in [0.25, 0.3) is 11.6 Å². The number of carbonyl (C=O) groups excluding carboxylic acids is 1. The van der Waals surface area contributed by atoms with E-state index in [-0.39, 0.29) is 17.1 Å². The third-order valence-electron chi connectivity index (χ3n) is 3.78. The van der Waals surface area contributed by atoms with Crippen LogP contribution < -0.4 is 11.5 Å². The Morgan fingerprint density at radius 1 is 1.20 bits per heavy atom. The minimum atomic E-state index is -0.718. The van der Waals surface area contributed by atoms with Crippen LogP contribution in [0.4, 0.5) is 11.5 Å². The maximum absolute atomic E-state index is 11.9. The smallest absolute Gasteiger partial charge is 0.271 e. The summed E-state index contributed by atoms with van der Waals surface area (Å²) in [5, 5.41) is 15.3. The number of carbonyl (C=O) groups is 1. The molecular weight excluding hydrogens is 322 g/mol. The molecule has 0 radical (unpaired) electrons. The SMILES string of the molecule is Cc1ccc(-c2nn(-c3cccc([N+](=O)[O-])c3)c(N)c2C(N)=O)cc1. The van der Waals surface area contributed by atoms with Crippen LogP contribution in [0, 0.1) is 17.0 Å². The molecule has 0 atom stereocenters. The van der Waals surface area contributed by atoms with Crippen LogP contribution in [0.5, 0.6) is 0 Å². The van der Waals surface area contributed by atoms with Gasteiger partial charge in [-0.1, -0.05) is 35.9 Å². The van der Waals surface area contributed by atoms with Gasteiger partial charge in [-0.3, -0.25) is 14.9 Å². The lowest BCUT2D eigenvalue weighted by Crippen LogP contribution is -2.14. The maximum atomic E-state index is 11.9. The molecule has 0 aliphatic carbocycles. The van der Waals surface area contributed by atoms with Crippen LogP contribution in [-0.4, -0.2) is 20.6 Å². The summed E-state index contributed by atoms with van der Waals surface area (Å²) in [4.78, 5) is 22.3. The summed E-state index contributed by atoms with van der Waals surface area (Å²) in [5.41, 5.74) is 13.9. The van der Waals surface area contributed by atoms with Crippen molar-refractivity contribution in [2.45, 2.75) is 6.92 Å². The first-order valence-electron chi connectivity index (χ1n) is 7.38. The molecule has 0 spiro atoms. The molecule has 8 heteroatoms. The summed E-state index contributed by atoms with van der Waals surface area (Å²) in [6, 6.07) is 13.2. The van der Waals surface area contributed by atoms with E-state index in [1.165, 1.54) is 22.9 Å². The molecule has 0 aliphatic heterocycles. The number of nitrogen functional groups attached to an aromatic ring is 1. The Morgan fingerprint density at radius 3 is 2.48 bits per heavy atom. The average Bonchev–Trinajstić information content (AvgIpc) is 2.93. The summed E-state index contributed by atoms with van der Waals surface area (Å²) < 4.78 is 1.28. The summed E-state index contributed by atoms with van der Waals surface area (Å²) in [5.74, 6) is -0.687. The quantitative estimate of drug-likeness (QED) is 0.558. The lowest BCUT2D eigenvalue weighted by molar-refractivity contribution is -0.384. The van der Waals surface area contributed by atoms with E-state index < -0.39 is 10.8 Å². The van der Waals surface area contributed by atoms with Gasteiger partial charge in [-0.15, -0.1) is 0 Å². The van der Waals surface area contributed by atoms with Crippen molar-refractivity contribution in [3.05, 3.63) is 69.8 Å². The first kappa shape index (κ1) is 16.2. The largest absolute Gasteiger partial charge is 0.383 e. The molecule has 3 rings (SSSR count). The van der Waals surface area contributed by atoms with Crippen LogP contribution in [-0.2, 0) is 0 Å². The molecule has 1 amide bonds. The van der Waals surface area contributed by atoms with Crippen molar-refractivity contribution in [1.29, 1.82) is 0 Å². The number of aromatic nitrogens is 2. The van der Waals surface area contributed by atoms with E-state index in [2.05, 4.69) is 5.10 Å². The Labute approximate surface area is 142 Å². The van der Waals surface area contributed by atoms with E-state index in [0.29, 0.717) is 16.9 Å². The highest BCUT2D eigenvalue weighted by atomic mass is 16.6. The minimum Gasteiger partial charge on any atom is -0.383 e. The van der Waals surface area contributed by atoms with Gasteiger partial charge in [0.15, 0.2) is 0 Å². The molecule has 4 N–H and O–H groups in total. The van der Waals surface area contributed by atoms with E-state index in [4.69, 9.17) is 11.5 Å². The van der Waals surface area contributed by atoms with Crippen LogP contribution in [0.25, 0.3) is 16.9 Å². The third-order valence-corrected chi connectivity index (χ3v) is 3.78. The molecule has 0 saturated heterocycles. The van der Waals surface area contributed by atoms with E-state index >= 15 is 0 Å². The summed E-state index contributed by atoms with van der Waals surface area (Å²) in [6.07, 6.45) is 0. The fourth-order valence-corrected chi connectivity index (χ4v) is 2.52. The van der Waals surface area contributed by atoms with Crippen LogP contribution in [0.1, 0.15) is 15.9 Å². The van der Waals surface area contributed by atoms with E-state index in [9.17, 15) is 14.9 Å². The lowest BCUT2D eigenvalue weighted by Gasteiger charge is -2.03. The van der Waals surface area contributed by atoms with Crippen molar-refractivity contribution in [3.63, 3.8) is 0 Å². The molecule has 0 fully saturated rings. The number of rotatable bonds is 4. The normalized spacial score (nSPS) is 10.6. The van der Waals surface area contributed by atoms with Crippen LogP contribution in [0.2, 0.25) is 0 Å². The number of primary amides is 1. The van der Waals surface area contributed by atoms with E-state index in [1.54, 1.807) is 18.2 Å². The number of nitro benzene ring substituents is 1. The Balaban J connectivity index is 2.21. The predicted molar refractivity (Wildman–Crippen MR) is 93.3 cm³/mol. The van der Waals surface area contributed by atoms with Crippen LogP contribution in [0.3, 0.4) is 0 Å². The molecule has 0 bridgehead atoms. The van der Waals surface area contributed by atoms with Crippen molar-refractivity contribution in [2.24, 2.45) is 5.73 Å². The molecule has 1 aromatic heterocycles. The second-order valence-electron chi connectivity index (χ2n) is 5.53. The molecule has 126 valence electrons. The predicted octanol–water partition coefficient (Wildman–Crippen LogP) is 2.44. The number of non-ortho nitro benzene ring substituents is 1. The fraction of sp³-hybridized carbons (Fsp3) is 0.0588. The van der Waals surface area contributed by atoms with Gasteiger partial charge in [0.1, 0.15) is 17.1 Å². The zero-order chi connectivity index (χ0) is 18.1. The summed E-state index contributed by atoms with van der Waals surface area (Å²) in [7, 11) is 0. The Morgan fingerprint density at radius 2 is 1.88 bits per heavy atom. The molecule has 0 saturated carbocycles. The molecule has 1 heterocycles. The number of aryl methyl sites for hydroxylation is 1. The van der Waals surface area contributed by atoms with Crippen molar-refractivity contribution >= 4 is 17.4 Å². The minimum absolute atomic E-state index is 0.0311. The van der Waals surface area contributed by atoms with Gasteiger partial charge in [-0.25, -0.2) is 4.68 Å². The zero-order valence-electron chi connectivity index (χ0n) is 13.3.